The molecule has 1 aliphatic rings. The molecule has 130 valence electrons. The second-order valence-electron chi connectivity index (χ2n) is 6.39. The van der Waals surface area contributed by atoms with Crippen molar-refractivity contribution in [3.05, 3.63) is 42.1 Å². The normalized spacial score (nSPS) is 18.0. The first-order chi connectivity index (χ1) is 12.2. The van der Waals surface area contributed by atoms with Crippen molar-refractivity contribution in [1.82, 2.24) is 24.9 Å². The maximum Gasteiger partial charge on any atom is 0.213 e. The Bertz CT molecular complexity index is 906. The van der Waals surface area contributed by atoms with Gasteiger partial charge < -0.3 is 10.2 Å². The molecule has 1 N–H and O–H groups in total. The molecule has 1 aliphatic heterocycles. The van der Waals surface area contributed by atoms with Crippen LogP contribution in [0.25, 0.3) is 16.9 Å². The molecule has 0 spiro atoms. The van der Waals surface area contributed by atoms with Gasteiger partial charge in [-0.3, -0.25) is 0 Å². The van der Waals surface area contributed by atoms with E-state index in [9.17, 15) is 4.39 Å². The molecule has 0 aliphatic carbocycles. The van der Waals surface area contributed by atoms with Crippen LogP contribution < -0.4 is 10.2 Å². The minimum atomic E-state index is -0.499. The van der Waals surface area contributed by atoms with Crippen LogP contribution >= 0.6 is 0 Å². The average Bonchev–Trinajstić information content (AvgIpc) is 2.99. The highest BCUT2D eigenvalue weighted by Gasteiger charge is 2.20. The lowest BCUT2D eigenvalue weighted by atomic mass is 10.1. The molecule has 1 fully saturated rings. The molecule has 0 saturated carbocycles. The molecule has 7 heteroatoms. The number of hydrogen-bond donors (Lipinski definition) is 1. The van der Waals surface area contributed by atoms with E-state index in [1.54, 1.807) is 6.07 Å². The van der Waals surface area contributed by atoms with Gasteiger partial charge in [-0.15, -0.1) is 5.10 Å². The fourth-order valence-electron chi connectivity index (χ4n) is 3.36. The second-order valence-corrected chi connectivity index (χ2v) is 6.39. The van der Waals surface area contributed by atoms with Crippen LogP contribution in [0.2, 0.25) is 0 Å². The molecule has 1 saturated heterocycles. The standard InChI is InChI=1S/C18H21FN6/c1-3-14-18(13-6-7-21-15(19)10-13)25-16(22-14)4-5-17(23-25)24-9-8-20-12(2)11-24/h4-7,10,12,20H,3,8-9,11H2,1-2H3. The fourth-order valence-corrected chi connectivity index (χ4v) is 3.36. The van der Waals surface area contributed by atoms with E-state index in [-0.39, 0.29) is 0 Å². The summed E-state index contributed by atoms with van der Waals surface area (Å²) in [6.07, 6.45) is 2.23. The molecule has 0 aromatic carbocycles. The molecule has 25 heavy (non-hydrogen) atoms. The predicted octanol–water partition coefficient (Wildman–Crippen LogP) is 2.29. The van der Waals surface area contributed by atoms with Gasteiger partial charge in [-0.05, 0) is 31.5 Å². The summed E-state index contributed by atoms with van der Waals surface area (Å²) in [5.41, 5.74) is 3.26. The summed E-state index contributed by atoms with van der Waals surface area (Å²) in [6, 6.07) is 7.65. The number of anilines is 1. The number of halogens is 1. The summed E-state index contributed by atoms with van der Waals surface area (Å²) in [4.78, 5) is 10.6. The van der Waals surface area contributed by atoms with Crippen molar-refractivity contribution in [3.63, 3.8) is 0 Å². The van der Waals surface area contributed by atoms with Gasteiger partial charge in [0.15, 0.2) is 5.65 Å². The first-order valence-corrected chi connectivity index (χ1v) is 8.64. The Kier molecular flexibility index (Phi) is 4.09. The molecular formula is C18H21FN6. The number of piperazine rings is 1. The minimum Gasteiger partial charge on any atom is -0.352 e. The van der Waals surface area contributed by atoms with Gasteiger partial charge in [0.25, 0.3) is 0 Å². The van der Waals surface area contributed by atoms with Crippen LogP contribution in [-0.2, 0) is 6.42 Å². The van der Waals surface area contributed by atoms with Crippen molar-refractivity contribution in [1.29, 1.82) is 0 Å². The molecule has 4 heterocycles. The van der Waals surface area contributed by atoms with Gasteiger partial charge in [0.2, 0.25) is 5.95 Å². The Hall–Kier alpha value is -2.54. The van der Waals surface area contributed by atoms with Crippen LogP contribution in [0.4, 0.5) is 10.2 Å². The van der Waals surface area contributed by atoms with E-state index in [4.69, 9.17) is 5.10 Å². The number of imidazole rings is 1. The van der Waals surface area contributed by atoms with E-state index in [0.29, 0.717) is 6.04 Å². The summed E-state index contributed by atoms with van der Waals surface area (Å²) >= 11 is 0. The van der Waals surface area contributed by atoms with Gasteiger partial charge in [0.05, 0.1) is 11.4 Å². The van der Waals surface area contributed by atoms with Gasteiger partial charge in [-0.1, -0.05) is 6.92 Å². The van der Waals surface area contributed by atoms with E-state index in [1.807, 2.05) is 23.6 Å². The summed E-state index contributed by atoms with van der Waals surface area (Å²) in [7, 11) is 0. The number of hydrogen-bond acceptors (Lipinski definition) is 5. The van der Waals surface area contributed by atoms with Crippen LogP contribution in [0, 0.1) is 5.95 Å². The molecule has 6 nitrogen and oxygen atoms in total. The molecule has 4 rings (SSSR count). The maximum absolute atomic E-state index is 13.6. The van der Waals surface area contributed by atoms with Crippen molar-refractivity contribution < 1.29 is 4.39 Å². The number of nitrogens with one attached hydrogen (secondary N) is 1. The van der Waals surface area contributed by atoms with Crippen molar-refractivity contribution in [3.8, 4) is 11.3 Å². The van der Waals surface area contributed by atoms with Gasteiger partial charge >= 0.3 is 0 Å². The first kappa shape index (κ1) is 16.0. The van der Waals surface area contributed by atoms with E-state index >= 15 is 0 Å². The highest BCUT2D eigenvalue weighted by Crippen LogP contribution is 2.26. The first-order valence-electron chi connectivity index (χ1n) is 8.64. The number of rotatable bonds is 3. The Morgan fingerprint density at radius 2 is 2.20 bits per heavy atom. The van der Waals surface area contributed by atoms with Crippen molar-refractivity contribution in [2.24, 2.45) is 0 Å². The molecular weight excluding hydrogens is 319 g/mol. The van der Waals surface area contributed by atoms with Crippen LogP contribution in [0.15, 0.2) is 30.5 Å². The topological polar surface area (TPSA) is 58.4 Å². The zero-order valence-corrected chi connectivity index (χ0v) is 14.4. The van der Waals surface area contributed by atoms with Crippen molar-refractivity contribution in [2.45, 2.75) is 26.3 Å². The van der Waals surface area contributed by atoms with E-state index in [0.717, 1.165) is 54.5 Å². The Balaban J connectivity index is 1.84. The van der Waals surface area contributed by atoms with Crippen molar-refractivity contribution >= 4 is 11.5 Å². The van der Waals surface area contributed by atoms with Crippen LogP contribution in [0.1, 0.15) is 19.5 Å². The lowest BCUT2D eigenvalue weighted by molar-refractivity contribution is 0.481. The van der Waals surface area contributed by atoms with Gasteiger partial charge in [-0.2, -0.15) is 4.39 Å². The Labute approximate surface area is 145 Å². The number of fused-ring (bicyclic) bond motifs is 1. The second kappa shape index (κ2) is 6.40. The van der Waals surface area contributed by atoms with Gasteiger partial charge in [0.1, 0.15) is 5.82 Å². The SMILES string of the molecule is CCc1nc2ccc(N3CCNC(C)C3)nn2c1-c1ccnc(F)c1. The van der Waals surface area contributed by atoms with Crippen LogP contribution in [0.5, 0.6) is 0 Å². The Morgan fingerprint density at radius 3 is 2.96 bits per heavy atom. The summed E-state index contributed by atoms with van der Waals surface area (Å²) < 4.78 is 15.5. The predicted molar refractivity (Wildman–Crippen MR) is 95.2 cm³/mol. The minimum absolute atomic E-state index is 0.425. The number of aromatic nitrogens is 4. The summed E-state index contributed by atoms with van der Waals surface area (Å²) in [5, 5.41) is 8.26. The van der Waals surface area contributed by atoms with Crippen LogP contribution in [-0.4, -0.2) is 45.3 Å². The van der Waals surface area contributed by atoms with Gasteiger partial charge in [0, 0.05) is 43.5 Å². The van der Waals surface area contributed by atoms with Gasteiger partial charge in [-0.25, -0.2) is 14.5 Å². The lowest BCUT2D eigenvalue weighted by Crippen LogP contribution is -2.49. The average molecular weight is 340 g/mol. The molecule has 1 unspecified atom stereocenters. The molecule has 0 amide bonds. The van der Waals surface area contributed by atoms with Crippen LogP contribution in [0.3, 0.4) is 0 Å². The third-order valence-corrected chi connectivity index (χ3v) is 4.56. The largest absolute Gasteiger partial charge is 0.352 e. The van der Waals surface area contributed by atoms with Crippen molar-refractivity contribution in [2.75, 3.05) is 24.5 Å². The smallest absolute Gasteiger partial charge is 0.213 e. The number of pyridine rings is 1. The molecule has 1 atom stereocenters. The maximum atomic E-state index is 13.6. The van der Waals surface area contributed by atoms with E-state index < -0.39 is 5.95 Å². The third kappa shape index (κ3) is 2.95. The molecule has 0 bridgehead atoms. The van der Waals surface area contributed by atoms with E-state index in [1.165, 1.54) is 12.3 Å². The summed E-state index contributed by atoms with van der Waals surface area (Å²) in [5.74, 6) is 0.415. The summed E-state index contributed by atoms with van der Waals surface area (Å²) in [6.45, 7) is 6.97. The molecule has 0 radical (unpaired) electrons. The monoisotopic (exact) mass is 340 g/mol. The number of nitrogens with zero attached hydrogens (tertiary/aromatic N) is 5. The molecule has 3 aromatic rings. The highest BCUT2D eigenvalue weighted by atomic mass is 19.1. The van der Waals surface area contributed by atoms with E-state index in [2.05, 4.69) is 27.1 Å². The highest BCUT2D eigenvalue weighted by molar-refractivity contribution is 5.67. The quantitative estimate of drug-likeness (QED) is 0.742. The fraction of sp³-hybridized carbons (Fsp3) is 0.389. The lowest BCUT2D eigenvalue weighted by Gasteiger charge is -2.32. The number of aryl methyl sites for hydroxylation is 1. The molecule has 3 aromatic heterocycles. The zero-order valence-electron chi connectivity index (χ0n) is 14.4. The Morgan fingerprint density at radius 1 is 1.32 bits per heavy atom. The third-order valence-electron chi connectivity index (χ3n) is 4.56. The zero-order chi connectivity index (χ0) is 17.4.